The summed E-state index contributed by atoms with van der Waals surface area (Å²) in [5, 5.41) is 5.22. The maximum Gasteiger partial charge on any atom is 0.239 e. The van der Waals surface area contributed by atoms with Gasteiger partial charge in [-0.25, -0.2) is 4.39 Å². The molecule has 2 N–H and O–H groups in total. The van der Waals surface area contributed by atoms with E-state index in [-0.39, 0.29) is 43.0 Å². The molecule has 0 aliphatic heterocycles. The van der Waals surface area contributed by atoms with Crippen LogP contribution in [0, 0.1) is 5.82 Å². The van der Waals surface area contributed by atoms with Crippen LogP contribution in [0.1, 0.15) is 36.0 Å². The van der Waals surface area contributed by atoms with Crippen molar-refractivity contribution in [3.63, 3.8) is 0 Å². The smallest absolute Gasteiger partial charge is 0.239 e. The topological polar surface area (TPSA) is 75.3 Å². The van der Waals surface area contributed by atoms with Gasteiger partial charge < -0.3 is 10.6 Å². The Hall–Kier alpha value is -2.24. The number of amides is 2. The van der Waals surface area contributed by atoms with Crippen LogP contribution in [0.3, 0.4) is 0 Å². The highest BCUT2D eigenvalue weighted by atomic mass is 19.1. The summed E-state index contributed by atoms with van der Waals surface area (Å²) >= 11 is 0. The molecule has 0 bridgehead atoms. The Morgan fingerprint density at radius 3 is 2.33 bits per heavy atom. The van der Waals surface area contributed by atoms with E-state index < -0.39 is 5.82 Å². The minimum absolute atomic E-state index is 0.00686. The molecule has 0 radical (unpaired) electrons. The molecule has 2 amide bonds. The van der Waals surface area contributed by atoms with Crippen molar-refractivity contribution >= 4 is 17.6 Å². The average molecular weight is 292 g/mol. The number of Topliss-reactive ketones (excluding diaryl/α,β-unsaturated/α-hetero) is 1. The third-order valence-electron chi connectivity index (χ3n) is 3.13. The van der Waals surface area contributed by atoms with E-state index in [0.29, 0.717) is 5.56 Å². The fraction of sp³-hybridized carbons (Fsp3) is 0.400. The highest BCUT2D eigenvalue weighted by Crippen LogP contribution is 2.18. The van der Waals surface area contributed by atoms with Crippen LogP contribution < -0.4 is 10.6 Å². The van der Waals surface area contributed by atoms with Crippen molar-refractivity contribution in [2.24, 2.45) is 0 Å². The number of hydrogen-bond acceptors (Lipinski definition) is 3. The van der Waals surface area contributed by atoms with Gasteiger partial charge >= 0.3 is 0 Å². The Labute approximate surface area is 121 Å². The molecule has 112 valence electrons. The van der Waals surface area contributed by atoms with Crippen molar-refractivity contribution in [3.8, 4) is 0 Å². The highest BCUT2D eigenvalue weighted by Gasteiger charge is 2.23. The molecule has 0 aromatic heterocycles. The van der Waals surface area contributed by atoms with Gasteiger partial charge in [-0.05, 0) is 37.1 Å². The van der Waals surface area contributed by atoms with Gasteiger partial charge in [0, 0.05) is 24.4 Å². The summed E-state index contributed by atoms with van der Waals surface area (Å²) in [4.78, 5) is 34.7. The lowest BCUT2D eigenvalue weighted by Gasteiger charge is -2.05. The van der Waals surface area contributed by atoms with Crippen molar-refractivity contribution in [1.82, 2.24) is 10.6 Å². The molecular weight excluding hydrogens is 275 g/mol. The molecule has 21 heavy (non-hydrogen) atoms. The van der Waals surface area contributed by atoms with Crippen LogP contribution in [0.15, 0.2) is 24.3 Å². The zero-order valence-corrected chi connectivity index (χ0v) is 11.5. The van der Waals surface area contributed by atoms with Crippen LogP contribution in [0.4, 0.5) is 4.39 Å². The summed E-state index contributed by atoms with van der Waals surface area (Å²) in [5.41, 5.74) is 0.371. The first kappa shape index (κ1) is 15.2. The lowest BCUT2D eigenvalue weighted by Crippen LogP contribution is -2.37. The number of halogens is 1. The molecule has 5 nitrogen and oxygen atoms in total. The fourth-order valence-electron chi connectivity index (χ4n) is 1.78. The standard InChI is InChI=1S/C15H17FN2O3/c16-11-3-1-10(2-4-11)13(19)7-8-14(20)17-9-15(21)18-12-5-6-12/h1-4,12H,5-9H2,(H,17,20)(H,18,21). The second-order valence-corrected chi connectivity index (χ2v) is 5.05. The number of nitrogens with one attached hydrogen (secondary N) is 2. The number of ketones is 1. The number of rotatable bonds is 7. The fourth-order valence-corrected chi connectivity index (χ4v) is 1.78. The van der Waals surface area contributed by atoms with Crippen LogP contribution in [0.5, 0.6) is 0 Å². The van der Waals surface area contributed by atoms with Gasteiger partial charge in [-0.3, -0.25) is 14.4 Å². The molecular formula is C15H17FN2O3. The van der Waals surface area contributed by atoms with E-state index >= 15 is 0 Å². The predicted octanol–water partition coefficient (Wildman–Crippen LogP) is 1.18. The first-order chi connectivity index (χ1) is 10.0. The van der Waals surface area contributed by atoms with Crippen LogP contribution in [0.2, 0.25) is 0 Å². The zero-order valence-electron chi connectivity index (χ0n) is 11.5. The second kappa shape index (κ2) is 6.97. The van der Waals surface area contributed by atoms with Crippen molar-refractivity contribution in [2.45, 2.75) is 31.7 Å². The summed E-state index contributed by atoms with van der Waals surface area (Å²) in [6.45, 7) is -0.0694. The lowest BCUT2D eigenvalue weighted by molar-refractivity contribution is -0.126. The third-order valence-corrected chi connectivity index (χ3v) is 3.13. The maximum atomic E-state index is 12.7. The van der Waals surface area contributed by atoms with Crippen molar-refractivity contribution in [3.05, 3.63) is 35.6 Å². The normalized spacial score (nSPS) is 13.6. The first-order valence-corrected chi connectivity index (χ1v) is 6.89. The number of carbonyl (C=O) groups excluding carboxylic acids is 3. The number of benzene rings is 1. The number of hydrogen-bond donors (Lipinski definition) is 2. The summed E-state index contributed by atoms with van der Waals surface area (Å²) in [6, 6.07) is 5.44. The van der Waals surface area contributed by atoms with E-state index in [4.69, 9.17) is 0 Å². The summed E-state index contributed by atoms with van der Waals surface area (Å²) in [7, 11) is 0. The highest BCUT2D eigenvalue weighted by molar-refractivity contribution is 5.98. The Morgan fingerprint density at radius 1 is 1.05 bits per heavy atom. The number of carbonyl (C=O) groups is 3. The van der Waals surface area contributed by atoms with Gasteiger partial charge in [0.2, 0.25) is 11.8 Å². The first-order valence-electron chi connectivity index (χ1n) is 6.89. The van der Waals surface area contributed by atoms with E-state index in [1.54, 1.807) is 0 Å². The Balaban J connectivity index is 1.66. The van der Waals surface area contributed by atoms with Crippen LogP contribution >= 0.6 is 0 Å². The van der Waals surface area contributed by atoms with Gasteiger partial charge in [-0.2, -0.15) is 0 Å². The Kier molecular flexibility index (Phi) is 5.03. The van der Waals surface area contributed by atoms with Gasteiger partial charge in [0.05, 0.1) is 6.54 Å². The van der Waals surface area contributed by atoms with E-state index in [2.05, 4.69) is 10.6 Å². The monoisotopic (exact) mass is 292 g/mol. The molecule has 0 unspecified atom stereocenters. The zero-order chi connectivity index (χ0) is 15.2. The van der Waals surface area contributed by atoms with Crippen LogP contribution in [-0.2, 0) is 9.59 Å². The molecule has 1 aliphatic carbocycles. The van der Waals surface area contributed by atoms with E-state index in [1.807, 2.05) is 0 Å². The van der Waals surface area contributed by atoms with E-state index in [1.165, 1.54) is 24.3 Å². The predicted molar refractivity (Wildman–Crippen MR) is 74.1 cm³/mol. The van der Waals surface area contributed by atoms with Gasteiger partial charge in [-0.1, -0.05) is 0 Å². The molecule has 0 atom stereocenters. The molecule has 1 aromatic carbocycles. The van der Waals surface area contributed by atoms with Crippen molar-refractivity contribution in [1.29, 1.82) is 0 Å². The quantitative estimate of drug-likeness (QED) is 0.741. The van der Waals surface area contributed by atoms with Crippen LogP contribution in [-0.4, -0.2) is 30.2 Å². The third kappa shape index (κ3) is 5.33. The molecule has 1 fully saturated rings. The SMILES string of the molecule is O=C(CCC(=O)c1ccc(F)cc1)NCC(=O)NC1CC1. The molecule has 1 aliphatic rings. The molecule has 0 saturated heterocycles. The Morgan fingerprint density at radius 2 is 1.71 bits per heavy atom. The van der Waals surface area contributed by atoms with Crippen LogP contribution in [0.25, 0.3) is 0 Å². The van der Waals surface area contributed by atoms with Gasteiger partial charge in [0.25, 0.3) is 0 Å². The van der Waals surface area contributed by atoms with E-state index in [9.17, 15) is 18.8 Å². The van der Waals surface area contributed by atoms with Gasteiger partial charge in [-0.15, -0.1) is 0 Å². The second-order valence-electron chi connectivity index (χ2n) is 5.05. The molecule has 2 rings (SSSR count). The van der Waals surface area contributed by atoms with Crippen molar-refractivity contribution < 1.29 is 18.8 Å². The largest absolute Gasteiger partial charge is 0.352 e. The van der Waals surface area contributed by atoms with E-state index in [0.717, 1.165) is 12.8 Å². The minimum Gasteiger partial charge on any atom is -0.352 e. The molecule has 1 aromatic rings. The van der Waals surface area contributed by atoms with Gasteiger partial charge in [0.15, 0.2) is 5.78 Å². The minimum atomic E-state index is -0.411. The Bertz CT molecular complexity index is 538. The summed E-state index contributed by atoms with van der Waals surface area (Å²) < 4.78 is 12.7. The average Bonchev–Trinajstić information content (AvgIpc) is 3.27. The molecule has 0 heterocycles. The molecule has 0 spiro atoms. The van der Waals surface area contributed by atoms with Crippen molar-refractivity contribution in [2.75, 3.05) is 6.54 Å². The summed E-state index contributed by atoms with van der Waals surface area (Å²) in [6.07, 6.45) is 2.02. The molecule has 1 saturated carbocycles. The maximum absolute atomic E-state index is 12.7. The summed E-state index contributed by atoms with van der Waals surface area (Å²) in [5.74, 6) is -1.20. The molecule has 6 heteroatoms. The lowest BCUT2D eigenvalue weighted by atomic mass is 10.1. The van der Waals surface area contributed by atoms with Gasteiger partial charge in [0.1, 0.15) is 5.82 Å².